The summed E-state index contributed by atoms with van der Waals surface area (Å²) in [6.07, 6.45) is 88.2. The molecule has 660 valence electrons. The zero-order valence-electron chi connectivity index (χ0n) is 83.3. The Bertz CT molecular complexity index is 537. The molecule has 0 aliphatic rings. The van der Waals surface area contributed by atoms with Crippen molar-refractivity contribution in [3.05, 3.63) is 0 Å². The lowest BCUT2D eigenvalue weighted by Crippen LogP contribution is -1.85. The van der Waals surface area contributed by atoms with E-state index in [2.05, 4.69) is 222 Å². The van der Waals surface area contributed by atoms with Gasteiger partial charge in [-0.15, -0.1) is 0 Å². The van der Waals surface area contributed by atoms with Crippen molar-refractivity contribution in [2.24, 2.45) is 0 Å². The smallest absolute Gasteiger partial charge is 0.0483 e. The Morgan fingerprint density at radius 1 is 0.0962 bits per heavy atom. The maximum atomic E-state index is 8.06. The number of unbranched alkanes of at least 4 members (excludes halogenated alkanes) is 48. The number of hydrogen-bond donors (Lipinski definition) is 2. The molecule has 104 heavy (non-hydrogen) atoms. The Balaban J connectivity index is -0.0000000471. The molecule has 0 aliphatic heterocycles. The molecule has 0 bridgehead atoms. The van der Waals surface area contributed by atoms with Crippen molar-refractivity contribution >= 4 is 0 Å². The minimum Gasteiger partial charge on any atom is -0.394 e. The molecule has 2 N–H and O–H groups in total. The first-order valence-corrected chi connectivity index (χ1v) is 49.5. The van der Waals surface area contributed by atoms with Crippen LogP contribution in [-0.2, 0) is 0 Å². The van der Waals surface area contributed by atoms with Crippen LogP contribution in [-0.4, -0.2) is 22.4 Å². The summed E-state index contributed by atoms with van der Waals surface area (Å²) < 4.78 is 0. The fourth-order valence-corrected chi connectivity index (χ4v) is 8.00. The molecular formula is C102H240O2. The van der Waals surface area contributed by atoms with Crippen molar-refractivity contribution < 1.29 is 10.2 Å². The Kier molecular flexibility index (Phi) is 314. The molecule has 0 heterocycles. The minimum atomic E-state index is -0.167. The summed E-state index contributed by atoms with van der Waals surface area (Å²) >= 11 is 0. The van der Waals surface area contributed by atoms with Crippen molar-refractivity contribution in [3.8, 4) is 0 Å². The maximum absolute atomic E-state index is 8.06. The second-order valence-electron chi connectivity index (χ2n) is 29.5. The number of aliphatic hydroxyl groups excluding tert-OH is 2. The van der Waals surface area contributed by atoms with Gasteiger partial charge in [-0.05, 0) is 27.7 Å². The monoisotopic (exact) mass is 1500 g/mol. The van der Waals surface area contributed by atoms with Gasteiger partial charge in [0.05, 0.1) is 0 Å². The summed E-state index contributed by atoms with van der Waals surface area (Å²) in [7, 11) is 0. The fraction of sp³-hybridized carbons (Fsp3) is 1.00. The molecule has 0 unspecified atom stereocenters. The van der Waals surface area contributed by atoms with Crippen LogP contribution in [0.3, 0.4) is 0 Å². The molecule has 0 aromatic rings. The van der Waals surface area contributed by atoms with Gasteiger partial charge in [-0.2, -0.15) is 0 Å². The first kappa shape index (κ1) is 149. The van der Waals surface area contributed by atoms with E-state index in [0.717, 1.165) is 0 Å². The SMILES string of the molecule is CC(C)O.CC(C)O.CCCCCC.CCCCCC.CCCCCC.CCCCCC.CCCCCC.CCCCCC.CCCCCC.CCCCCC.CCCCCC.CCCCCC.CCCCCC.CCCCCC.CCCCCC.CCCCCC.CCCCCC.CCCCCC. The summed E-state index contributed by atoms with van der Waals surface area (Å²) in [4.78, 5) is 0. The summed E-state index contributed by atoms with van der Waals surface area (Å²) in [5.41, 5.74) is 0. The highest BCUT2D eigenvalue weighted by Gasteiger charge is 1.84. The van der Waals surface area contributed by atoms with Crippen LogP contribution < -0.4 is 0 Å². The average molecular weight is 1500 g/mol. The van der Waals surface area contributed by atoms with Crippen LogP contribution in [0.2, 0.25) is 0 Å². The quantitative estimate of drug-likeness (QED) is 0.0596. The lowest BCUT2D eigenvalue weighted by molar-refractivity contribution is 0.215. The van der Waals surface area contributed by atoms with Crippen LogP contribution >= 0.6 is 0 Å². The Labute approximate surface area is 678 Å². The third-order valence-electron chi connectivity index (χ3n) is 15.3. The largest absolute Gasteiger partial charge is 0.394 e. The first-order chi connectivity index (χ1) is 50.1. The van der Waals surface area contributed by atoms with Gasteiger partial charge in [0.1, 0.15) is 0 Å². The van der Waals surface area contributed by atoms with Gasteiger partial charge in [-0.1, -0.05) is 632 Å². The molecular weight excluding hydrogens is 1260 g/mol. The molecule has 0 fully saturated rings. The molecule has 0 atom stereocenters. The van der Waals surface area contributed by atoms with E-state index in [4.69, 9.17) is 10.2 Å². The van der Waals surface area contributed by atoms with Crippen LogP contribution in [0, 0.1) is 0 Å². The summed E-state index contributed by atoms with van der Waals surface area (Å²) in [6.45, 7) is 78.3. The highest BCUT2D eigenvalue weighted by molar-refractivity contribution is 4.39. The molecule has 2 nitrogen and oxygen atoms in total. The second-order valence-corrected chi connectivity index (χ2v) is 29.5. The first-order valence-electron chi connectivity index (χ1n) is 49.5. The molecule has 0 amide bonds. The number of hydrogen-bond acceptors (Lipinski definition) is 2. The third kappa shape index (κ3) is 452. The van der Waals surface area contributed by atoms with Crippen molar-refractivity contribution in [1.82, 2.24) is 0 Å². The van der Waals surface area contributed by atoms with Gasteiger partial charge in [0, 0.05) is 12.2 Å². The van der Waals surface area contributed by atoms with E-state index in [1.807, 2.05) is 0 Å². The number of aliphatic hydroxyl groups is 2. The van der Waals surface area contributed by atoms with Crippen LogP contribution in [0.5, 0.6) is 0 Å². The Morgan fingerprint density at radius 2 is 0.115 bits per heavy atom. The predicted octanol–water partition coefficient (Wildman–Crippen LogP) is 42.2. The zero-order valence-corrected chi connectivity index (χ0v) is 83.3. The van der Waals surface area contributed by atoms with Crippen molar-refractivity contribution in [2.45, 2.75) is 672 Å². The lowest BCUT2D eigenvalue weighted by atomic mass is 10.2. The average Bonchev–Trinajstić information content (AvgIpc) is 3.65. The van der Waals surface area contributed by atoms with Gasteiger partial charge < -0.3 is 10.2 Å². The molecule has 0 saturated heterocycles. The van der Waals surface area contributed by atoms with Gasteiger partial charge in [0.2, 0.25) is 0 Å². The van der Waals surface area contributed by atoms with Crippen molar-refractivity contribution in [3.63, 3.8) is 0 Å². The van der Waals surface area contributed by atoms with E-state index in [9.17, 15) is 0 Å². The van der Waals surface area contributed by atoms with E-state index in [1.54, 1.807) is 27.7 Å². The standard InChI is InChI=1S/16C6H14.2C3H8O/c16*1-3-5-6-4-2;2*1-3(2)4/h16*3-6H2,1-2H3;2*3-4H,1-2H3. The van der Waals surface area contributed by atoms with E-state index in [0.29, 0.717) is 0 Å². The Hall–Kier alpha value is -0.0800. The molecule has 2 heteroatoms. The van der Waals surface area contributed by atoms with Gasteiger partial charge in [-0.25, -0.2) is 0 Å². The molecule has 0 rings (SSSR count). The van der Waals surface area contributed by atoms with Gasteiger partial charge in [0.25, 0.3) is 0 Å². The maximum Gasteiger partial charge on any atom is 0.0483 e. The normalized spacial score (nSPS) is 9.00. The molecule has 0 aromatic heterocycles. The van der Waals surface area contributed by atoms with Crippen LogP contribution in [0.4, 0.5) is 0 Å². The van der Waals surface area contributed by atoms with E-state index < -0.39 is 0 Å². The zero-order chi connectivity index (χ0) is 84.4. The van der Waals surface area contributed by atoms with Gasteiger partial charge in [-0.3, -0.25) is 0 Å². The number of rotatable bonds is 48. The topological polar surface area (TPSA) is 40.5 Å². The van der Waals surface area contributed by atoms with E-state index >= 15 is 0 Å². The molecule has 0 radical (unpaired) electrons. The van der Waals surface area contributed by atoms with Crippen LogP contribution in [0.1, 0.15) is 660 Å². The van der Waals surface area contributed by atoms with Crippen molar-refractivity contribution in [1.29, 1.82) is 0 Å². The highest BCUT2D eigenvalue weighted by Crippen LogP contribution is 2.03. The van der Waals surface area contributed by atoms with Crippen molar-refractivity contribution in [2.75, 3.05) is 0 Å². The Morgan fingerprint density at radius 3 is 0.125 bits per heavy atom. The van der Waals surface area contributed by atoms with Gasteiger partial charge >= 0.3 is 0 Å². The summed E-state index contributed by atoms with van der Waals surface area (Å²) in [5, 5.41) is 16.1. The second kappa shape index (κ2) is 219. The van der Waals surface area contributed by atoms with Crippen LogP contribution in [0.25, 0.3) is 0 Å². The molecule has 0 spiro atoms. The lowest BCUT2D eigenvalue weighted by Gasteiger charge is -1.86. The third-order valence-corrected chi connectivity index (χ3v) is 15.3. The predicted molar refractivity (Wildman–Crippen MR) is 512 cm³/mol. The summed E-state index contributed by atoms with van der Waals surface area (Å²) in [5.74, 6) is 0. The molecule has 0 aromatic carbocycles. The minimum absolute atomic E-state index is 0.167. The fourth-order valence-electron chi connectivity index (χ4n) is 8.00. The van der Waals surface area contributed by atoms with E-state index in [-0.39, 0.29) is 12.2 Å². The summed E-state index contributed by atoms with van der Waals surface area (Å²) in [6, 6.07) is 0. The van der Waals surface area contributed by atoms with Gasteiger partial charge in [0.15, 0.2) is 0 Å². The van der Waals surface area contributed by atoms with E-state index in [1.165, 1.54) is 411 Å². The highest BCUT2D eigenvalue weighted by atomic mass is 16.3. The molecule has 0 saturated carbocycles. The van der Waals surface area contributed by atoms with Crippen LogP contribution in [0.15, 0.2) is 0 Å². The molecule has 0 aliphatic carbocycles.